The van der Waals surface area contributed by atoms with Crippen molar-refractivity contribution in [3.05, 3.63) is 24.3 Å². The number of nitrogens with two attached hydrogens (primary N) is 1. The number of benzene rings is 1. The summed E-state index contributed by atoms with van der Waals surface area (Å²) in [7, 11) is 0. The Kier molecular flexibility index (Phi) is 7.07. The highest BCUT2D eigenvalue weighted by molar-refractivity contribution is 8.13. The molecule has 0 heterocycles. The Morgan fingerprint density at radius 1 is 1.13 bits per heavy atom. The quantitative estimate of drug-likeness (QED) is 0.660. The van der Waals surface area contributed by atoms with Crippen LogP contribution in [-0.4, -0.2) is 34.8 Å². The number of rotatable bonds is 6. The summed E-state index contributed by atoms with van der Waals surface area (Å²) in [6.45, 7) is 2.63. The van der Waals surface area contributed by atoms with Crippen LogP contribution in [0.15, 0.2) is 24.3 Å². The second-order valence-electron chi connectivity index (χ2n) is 4.52. The average Bonchev–Trinajstić information content (AvgIpc) is 2.44. The maximum atomic E-state index is 11.7. The van der Waals surface area contributed by atoms with Gasteiger partial charge in [0, 0.05) is 25.3 Å². The van der Waals surface area contributed by atoms with Gasteiger partial charge in [0.1, 0.15) is 11.8 Å². The first-order valence-corrected chi connectivity index (χ1v) is 7.55. The first-order chi connectivity index (χ1) is 10.8. The average molecular weight is 339 g/mol. The van der Waals surface area contributed by atoms with Gasteiger partial charge >= 0.3 is 5.30 Å². The van der Waals surface area contributed by atoms with Crippen molar-refractivity contribution in [3.63, 3.8) is 0 Å². The molecule has 8 nitrogen and oxygen atoms in total. The monoisotopic (exact) mass is 339 g/mol. The molecule has 124 valence electrons. The molecular weight excluding hydrogens is 322 g/mol. The SMILES string of the molecule is CC(=O)Nc1ccc(OC(=O)SC[C@H](NC(C)=O)C(N)=O)cc1. The van der Waals surface area contributed by atoms with E-state index in [9.17, 15) is 19.2 Å². The van der Waals surface area contributed by atoms with E-state index >= 15 is 0 Å². The second kappa shape index (κ2) is 8.79. The van der Waals surface area contributed by atoms with Crippen molar-refractivity contribution in [1.82, 2.24) is 5.32 Å². The lowest BCUT2D eigenvalue weighted by Crippen LogP contribution is -2.45. The van der Waals surface area contributed by atoms with E-state index in [0.717, 1.165) is 11.8 Å². The molecule has 4 N–H and O–H groups in total. The van der Waals surface area contributed by atoms with Gasteiger partial charge in [-0.05, 0) is 36.0 Å². The van der Waals surface area contributed by atoms with Crippen LogP contribution in [0.5, 0.6) is 5.75 Å². The van der Waals surface area contributed by atoms with Gasteiger partial charge in [-0.2, -0.15) is 0 Å². The number of anilines is 1. The molecule has 1 atom stereocenters. The summed E-state index contributed by atoms with van der Waals surface area (Å²) in [6.07, 6.45) is 0. The van der Waals surface area contributed by atoms with Gasteiger partial charge in [0.15, 0.2) is 0 Å². The topological polar surface area (TPSA) is 128 Å². The van der Waals surface area contributed by atoms with Crippen LogP contribution >= 0.6 is 11.8 Å². The van der Waals surface area contributed by atoms with Crippen LogP contribution in [0.1, 0.15) is 13.8 Å². The van der Waals surface area contributed by atoms with E-state index in [4.69, 9.17) is 10.5 Å². The standard InChI is InChI=1S/C14H17N3O5S/c1-8(18)16-10-3-5-11(6-4-10)22-14(21)23-7-12(13(15)20)17-9(2)19/h3-6,12H,7H2,1-2H3,(H2,15,20)(H,16,18)(H,17,19)/t12-/m0/s1. The van der Waals surface area contributed by atoms with Gasteiger partial charge in [-0.25, -0.2) is 4.79 Å². The van der Waals surface area contributed by atoms with Crippen LogP contribution in [0.3, 0.4) is 0 Å². The van der Waals surface area contributed by atoms with Gasteiger partial charge in [-0.15, -0.1) is 0 Å². The normalized spacial score (nSPS) is 11.2. The lowest BCUT2D eigenvalue weighted by Gasteiger charge is -2.13. The predicted molar refractivity (Wildman–Crippen MR) is 86.0 cm³/mol. The zero-order chi connectivity index (χ0) is 17.4. The molecule has 1 aromatic rings. The molecule has 1 rings (SSSR count). The molecule has 9 heteroatoms. The molecule has 0 saturated heterocycles. The molecule has 0 aliphatic carbocycles. The first-order valence-electron chi connectivity index (χ1n) is 6.56. The number of hydrogen-bond acceptors (Lipinski definition) is 6. The molecule has 0 saturated carbocycles. The summed E-state index contributed by atoms with van der Waals surface area (Å²) >= 11 is 0.718. The fourth-order valence-electron chi connectivity index (χ4n) is 1.53. The van der Waals surface area contributed by atoms with Crippen LogP contribution in [0.25, 0.3) is 0 Å². The van der Waals surface area contributed by atoms with Gasteiger partial charge < -0.3 is 21.1 Å². The zero-order valence-corrected chi connectivity index (χ0v) is 13.4. The Bertz CT molecular complexity index is 603. The largest absolute Gasteiger partial charge is 0.418 e. The molecule has 0 bridgehead atoms. The molecule has 0 fully saturated rings. The molecule has 0 radical (unpaired) electrons. The lowest BCUT2D eigenvalue weighted by atomic mass is 10.3. The van der Waals surface area contributed by atoms with E-state index in [2.05, 4.69) is 10.6 Å². The number of ether oxygens (including phenoxy) is 1. The van der Waals surface area contributed by atoms with Crippen molar-refractivity contribution in [3.8, 4) is 5.75 Å². The summed E-state index contributed by atoms with van der Waals surface area (Å²) in [6, 6.07) is 5.25. The highest BCUT2D eigenvalue weighted by Crippen LogP contribution is 2.18. The molecule has 0 aliphatic heterocycles. The molecule has 1 aromatic carbocycles. The van der Waals surface area contributed by atoms with Gasteiger partial charge in [0.2, 0.25) is 17.7 Å². The smallest absolute Gasteiger partial charge is 0.372 e. The molecular formula is C14H17N3O5S. The highest BCUT2D eigenvalue weighted by atomic mass is 32.2. The van der Waals surface area contributed by atoms with E-state index in [0.29, 0.717) is 5.69 Å². The molecule has 3 amide bonds. The third-order valence-corrected chi connectivity index (χ3v) is 3.28. The van der Waals surface area contributed by atoms with Crippen molar-refractivity contribution in [1.29, 1.82) is 0 Å². The Balaban J connectivity index is 2.51. The van der Waals surface area contributed by atoms with E-state index in [1.54, 1.807) is 12.1 Å². The number of primary amides is 1. The highest BCUT2D eigenvalue weighted by Gasteiger charge is 2.19. The van der Waals surface area contributed by atoms with E-state index in [1.807, 2.05) is 0 Å². The van der Waals surface area contributed by atoms with Crippen molar-refractivity contribution >= 4 is 40.5 Å². The fraction of sp³-hybridized carbons (Fsp3) is 0.286. The summed E-state index contributed by atoms with van der Waals surface area (Å²) in [5.41, 5.74) is 5.70. The van der Waals surface area contributed by atoms with Gasteiger partial charge in [0.25, 0.3) is 0 Å². The van der Waals surface area contributed by atoms with E-state index in [1.165, 1.54) is 26.0 Å². The number of carbonyl (C=O) groups excluding carboxylic acids is 4. The van der Waals surface area contributed by atoms with Crippen molar-refractivity contribution < 1.29 is 23.9 Å². The number of amides is 3. The zero-order valence-electron chi connectivity index (χ0n) is 12.6. The minimum absolute atomic E-state index is 0.0300. The first kappa shape index (κ1) is 18.5. The van der Waals surface area contributed by atoms with Crippen LogP contribution in [0.4, 0.5) is 10.5 Å². The summed E-state index contributed by atoms with van der Waals surface area (Å²) in [5, 5.41) is 4.28. The summed E-state index contributed by atoms with van der Waals surface area (Å²) in [5.74, 6) is -1.11. The van der Waals surface area contributed by atoms with Crippen molar-refractivity contribution in [2.75, 3.05) is 11.1 Å². The fourth-order valence-corrected chi connectivity index (χ4v) is 2.23. The summed E-state index contributed by atoms with van der Waals surface area (Å²) < 4.78 is 5.06. The van der Waals surface area contributed by atoms with Crippen molar-refractivity contribution in [2.45, 2.75) is 19.9 Å². The minimum Gasteiger partial charge on any atom is -0.418 e. The Morgan fingerprint density at radius 2 is 1.74 bits per heavy atom. The Labute approximate surface area is 137 Å². The van der Waals surface area contributed by atoms with Gasteiger partial charge in [-0.1, -0.05) is 0 Å². The predicted octanol–water partition coefficient (Wildman–Crippen LogP) is 0.867. The maximum Gasteiger partial charge on any atom is 0.372 e. The number of carbonyl (C=O) groups is 4. The maximum absolute atomic E-state index is 11.7. The summed E-state index contributed by atoms with van der Waals surface area (Å²) in [4.78, 5) is 44.7. The van der Waals surface area contributed by atoms with E-state index in [-0.39, 0.29) is 17.4 Å². The van der Waals surface area contributed by atoms with Crippen molar-refractivity contribution in [2.24, 2.45) is 5.73 Å². The molecule has 0 aliphatic rings. The Morgan fingerprint density at radius 3 is 2.22 bits per heavy atom. The van der Waals surface area contributed by atoms with Crippen LogP contribution in [-0.2, 0) is 14.4 Å². The Hall–Kier alpha value is -2.55. The minimum atomic E-state index is -0.952. The second-order valence-corrected chi connectivity index (χ2v) is 5.48. The number of hydrogen-bond donors (Lipinski definition) is 3. The van der Waals surface area contributed by atoms with E-state index < -0.39 is 23.2 Å². The number of thioether (sulfide) groups is 1. The third kappa shape index (κ3) is 7.32. The van der Waals surface area contributed by atoms with Crippen LogP contribution in [0.2, 0.25) is 0 Å². The lowest BCUT2D eigenvalue weighted by molar-refractivity contribution is -0.125. The third-order valence-electron chi connectivity index (χ3n) is 2.46. The molecule has 0 aromatic heterocycles. The van der Waals surface area contributed by atoms with Gasteiger partial charge in [0.05, 0.1) is 0 Å². The number of nitrogens with one attached hydrogen (secondary N) is 2. The van der Waals surface area contributed by atoms with Crippen LogP contribution < -0.4 is 21.1 Å². The molecule has 0 unspecified atom stereocenters. The van der Waals surface area contributed by atoms with Gasteiger partial charge in [-0.3, -0.25) is 14.4 Å². The van der Waals surface area contributed by atoms with Crippen LogP contribution in [0, 0.1) is 0 Å². The molecule has 23 heavy (non-hydrogen) atoms. The molecule has 0 spiro atoms.